The zero-order valence-electron chi connectivity index (χ0n) is 44.2. The van der Waals surface area contributed by atoms with Gasteiger partial charge >= 0.3 is 18.0 Å². The molecule has 14 nitrogen and oxygen atoms in total. The molecule has 79 heavy (non-hydrogen) atoms. The fourth-order valence-corrected chi connectivity index (χ4v) is 12.7. The summed E-state index contributed by atoms with van der Waals surface area (Å²) in [6.45, 7) is 4.92. The third-order valence-corrected chi connectivity index (χ3v) is 16.8. The van der Waals surface area contributed by atoms with E-state index in [1.54, 1.807) is 57.2 Å². The van der Waals surface area contributed by atoms with Gasteiger partial charge in [-0.1, -0.05) is 130 Å². The number of ether oxygens (including phenoxy) is 1. The molecule has 4 aliphatic rings. The Balaban J connectivity index is 0.000000192. The number of methoxy groups -OCH3 is 1. The average molecular weight is 1190 g/mol. The molecule has 5 amide bonds. The number of hydrogen-bond acceptors (Lipinski definition) is 9. The number of para-hydroxylation sites is 2. The first-order valence-corrected chi connectivity index (χ1v) is 28.0. The molecule has 0 bridgehead atoms. The normalized spacial score (nSPS) is 19.0. The summed E-state index contributed by atoms with van der Waals surface area (Å²) in [5.74, 6) is -1.33. The van der Waals surface area contributed by atoms with E-state index in [2.05, 4.69) is 46.7 Å². The minimum absolute atomic E-state index is 0.0732. The van der Waals surface area contributed by atoms with Crippen molar-refractivity contribution < 1.29 is 29.0 Å². The molecule has 4 heterocycles. The van der Waals surface area contributed by atoms with E-state index >= 15 is 0 Å². The van der Waals surface area contributed by atoms with Crippen LogP contribution in [0.25, 0.3) is 22.3 Å². The van der Waals surface area contributed by atoms with Gasteiger partial charge in [0.15, 0.2) is 0 Å². The number of esters is 1. The minimum Gasteiger partial charge on any atom is -0.469 e. The fraction of sp³-hybridized carbons (Fsp3) is 0.322. The third kappa shape index (κ3) is 12.2. The Bertz CT molecular complexity index is 3270. The molecule has 6 aromatic carbocycles. The topological polar surface area (TPSA) is 141 Å². The van der Waals surface area contributed by atoms with Gasteiger partial charge in [0.05, 0.1) is 62.4 Å². The van der Waals surface area contributed by atoms with Gasteiger partial charge < -0.3 is 40.1 Å². The zero-order chi connectivity index (χ0) is 56.4. The highest BCUT2D eigenvalue weighted by atomic mass is 35.5. The van der Waals surface area contributed by atoms with Crippen LogP contribution >= 0.6 is 69.6 Å². The molecule has 10 rings (SSSR count). The first-order chi connectivity index (χ1) is 37.9. The summed E-state index contributed by atoms with van der Waals surface area (Å²) >= 11 is 39.8. The smallest absolute Gasteiger partial charge is 0.326 e. The second kappa shape index (κ2) is 25.0. The van der Waals surface area contributed by atoms with Crippen LogP contribution in [0.3, 0.4) is 0 Å². The van der Waals surface area contributed by atoms with E-state index < -0.39 is 23.8 Å². The van der Waals surface area contributed by atoms with Crippen LogP contribution in [0.2, 0.25) is 30.1 Å². The number of benzene rings is 6. The number of aliphatic hydroxyl groups is 1. The highest BCUT2D eigenvalue weighted by Gasteiger charge is 2.43. The Labute approximate surface area is 490 Å². The summed E-state index contributed by atoms with van der Waals surface area (Å²) in [4.78, 5) is 63.9. The van der Waals surface area contributed by atoms with Crippen molar-refractivity contribution >= 4 is 116 Å². The first-order valence-electron chi connectivity index (χ1n) is 25.7. The fourth-order valence-electron chi connectivity index (χ4n) is 11.1. The minimum atomic E-state index is -0.599. The lowest BCUT2D eigenvalue weighted by atomic mass is 9.84. The van der Waals surface area contributed by atoms with Crippen molar-refractivity contribution in [1.29, 1.82) is 0 Å². The predicted octanol–water partition coefficient (Wildman–Crippen LogP) is 12.2. The number of urea groups is 2. The lowest BCUT2D eigenvalue weighted by Crippen LogP contribution is -2.42. The van der Waals surface area contributed by atoms with Crippen LogP contribution < -0.4 is 20.4 Å². The van der Waals surface area contributed by atoms with Gasteiger partial charge in [0, 0.05) is 109 Å². The van der Waals surface area contributed by atoms with E-state index in [0.717, 1.165) is 76.4 Å². The monoisotopic (exact) mass is 1190 g/mol. The van der Waals surface area contributed by atoms with Gasteiger partial charge in [-0.05, 0) is 99.0 Å². The van der Waals surface area contributed by atoms with E-state index in [-0.39, 0.29) is 50.0 Å². The van der Waals surface area contributed by atoms with Gasteiger partial charge in [0.2, 0.25) is 5.91 Å². The van der Waals surface area contributed by atoms with E-state index in [0.29, 0.717) is 60.3 Å². The molecular formula is C59H60Cl6N8O6. The number of likely N-dealkylation sites (tertiary alicyclic amines) is 2. The average Bonchev–Trinajstić information content (AvgIpc) is 4.08. The Hall–Kier alpha value is -5.62. The van der Waals surface area contributed by atoms with Gasteiger partial charge in [-0.2, -0.15) is 0 Å². The van der Waals surface area contributed by atoms with Crippen molar-refractivity contribution in [3.05, 3.63) is 162 Å². The number of nitrogens with one attached hydrogen (secondary N) is 2. The number of carbonyl (C=O) groups excluding carboxylic acids is 4. The maximum Gasteiger partial charge on any atom is 0.326 e. The van der Waals surface area contributed by atoms with E-state index in [1.165, 1.54) is 12.0 Å². The summed E-state index contributed by atoms with van der Waals surface area (Å²) in [7, 11) is 9.12. The summed E-state index contributed by atoms with van der Waals surface area (Å²) < 4.78 is 5.16. The second-order valence-electron chi connectivity index (χ2n) is 20.6. The van der Waals surface area contributed by atoms with Crippen molar-refractivity contribution in [2.75, 3.05) is 97.5 Å². The summed E-state index contributed by atoms with van der Waals surface area (Å²) in [6.07, 6.45) is 0. The van der Waals surface area contributed by atoms with Crippen molar-refractivity contribution in [3.8, 4) is 22.3 Å². The van der Waals surface area contributed by atoms with Gasteiger partial charge in [-0.25, -0.2) is 9.59 Å². The molecule has 0 saturated carbocycles. The molecule has 2 unspecified atom stereocenters. The molecule has 0 aliphatic carbocycles. The van der Waals surface area contributed by atoms with Crippen LogP contribution in [0.15, 0.2) is 109 Å². The van der Waals surface area contributed by atoms with Crippen LogP contribution in [0.4, 0.5) is 32.3 Å². The van der Waals surface area contributed by atoms with E-state index in [9.17, 15) is 24.3 Å². The number of halogens is 6. The van der Waals surface area contributed by atoms with Crippen LogP contribution in [0, 0.1) is 11.8 Å². The quantitative estimate of drug-likeness (QED) is 0.0964. The SMILES string of the molecule is CN(C)CCN1CC(c2cc(-c3ccccc3Cl)c3c(c2)N(c2c(Cl)cccc2Cl)C(=O)NC3)[C@@H](CO)C1.COC(=O)[C@H]1CN(C(=O)CN(C)C)CC1c1cc(-c2ccccc2Cl)c2c(c1)N(c1c(Cl)cccc1Cl)C(=O)NC2. The maximum atomic E-state index is 13.4. The van der Waals surface area contributed by atoms with Crippen LogP contribution in [-0.2, 0) is 27.4 Å². The Morgan fingerprint density at radius 2 is 1.06 bits per heavy atom. The van der Waals surface area contributed by atoms with Crippen LogP contribution in [0.1, 0.15) is 34.1 Å². The molecule has 2 saturated heterocycles. The third-order valence-electron chi connectivity index (χ3n) is 15.0. The number of anilines is 4. The Morgan fingerprint density at radius 1 is 0.595 bits per heavy atom. The number of fused-ring (bicyclic) bond motifs is 2. The molecule has 4 atom stereocenters. The first kappa shape index (κ1) is 58.0. The molecule has 0 spiro atoms. The van der Waals surface area contributed by atoms with Gasteiger partial charge in [0.1, 0.15) is 0 Å². The predicted molar refractivity (Wildman–Crippen MR) is 317 cm³/mol. The molecule has 6 aromatic rings. The van der Waals surface area contributed by atoms with E-state index in [4.69, 9.17) is 74.3 Å². The molecular weight excluding hydrogens is 1130 g/mol. The summed E-state index contributed by atoms with van der Waals surface area (Å²) in [5.41, 5.74) is 9.01. The van der Waals surface area contributed by atoms with Crippen molar-refractivity contribution in [1.82, 2.24) is 30.2 Å². The standard InChI is InChI=1S/C30H29Cl3N4O4.C29H31Cl3N4O2/c1-35(2)16-27(38)36-14-21(22(15-36)29(39)41-3)17-11-19(18-7-4-5-8-23(18)31)20-13-34-30(40)37(26(20)12-17)28-24(32)9-6-10-25(28)33;1-34(2)10-11-35-15-19(17-37)23(16-35)18-12-21(20-6-3-4-7-24(20)30)22-14-33-29(38)36(27(22)13-18)28-25(31)8-5-9-26(28)32/h4-12,21-22H,13-16H2,1-3H3,(H,34,40);3-9,12-13,19,23,37H,10-11,14-17H2,1-2H3,(H,33,38)/t21?,22-;19-,23?/m01/s1. The Kier molecular flexibility index (Phi) is 18.4. The van der Waals surface area contributed by atoms with Gasteiger partial charge in [-0.15, -0.1) is 0 Å². The summed E-state index contributed by atoms with van der Waals surface area (Å²) in [5, 5.41) is 18.8. The lowest BCUT2D eigenvalue weighted by Gasteiger charge is -2.34. The number of carbonyl (C=O) groups is 4. The number of amides is 5. The number of hydrogen-bond donors (Lipinski definition) is 3. The highest BCUT2D eigenvalue weighted by Crippen LogP contribution is 2.49. The zero-order valence-corrected chi connectivity index (χ0v) is 48.7. The van der Waals surface area contributed by atoms with E-state index in [1.807, 2.05) is 68.7 Å². The second-order valence-corrected chi connectivity index (χ2v) is 23.0. The van der Waals surface area contributed by atoms with Crippen molar-refractivity contribution in [2.45, 2.75) is 24.9 Å². The van der Waals surface area contributed by atoms with Gasteiger partial charge in [0.25, 0.3) is 0 Å². The molecule has 414 valence electrons. The lowest BCUT2D eigenvalue weighted by molar-refractivity contribution is -0.145. The van der Waals surface area contributed by atoms with Crippen LogP contribution in [-0.4, -0.2) is 136 Å². The van der Waals surface area contributed by atoms with Crippen molar-refractivity contribution in [3.63, 3.8) is 0 Å². The summed E-state index contributed by atoms with van der Waals surface area (Å²) in [6, 6.07) is 32.8. The molecule has 4 aliphatic heterocycles. The molecule has 20 heteroatoms. The van der Waals surface area contributed by atoms with Crippen molar-refractivity contribution in [2.24, 2.45) is 11.8 Å². The number of aliphatic hydroxyl groups excluding tert-OH is 1. The molecule has 0 radical (unpaired) electrons. The number of rotatable bonds is 13. The van der Waals surface area contributed by atoms with Gasteiger partial charge in [-0.3, -0.25) is 19.4 Å². The highest BCUT2D eigenvalue weighted by molar-refractivity contribution is 6.41. The molecule has 3 N–H and O–H groups in total. The maximum absolute atomic E-state index is 13.4. The molecule has 0 aromatic heterocycles. The Morgan fingerprint density at radius 3 is 1.51 bits per heavy atom. The number of likely N-dealkylation sites (N-methyl/N-ethyl adjacent to an activating group) is 2. The number of nitrogens with zero attached hydrogens (tertiary/aromatic N) is 6. The largest absolute Gasteiger partial charge is 0.469 e. The molecule has 2 fully saturated rings. The van der Waals surface area contributed by atoms with Crippen LogP contribution in [0.5, 0.6) is 0 Å².